The molecule has 0 aliphatic rings. The first-order valence-corrected chi connectivity index (χ1v) is 5.44. The van der Waals surface area contributed by atoms with Crippen LogP contribution in [0.1, 0.15) is 6.92 Å². The zero-order valence-corrected chi connectivity index (χ0v) is 9.49. The Hall–Kier alpha value is -0.320. The van der Waals surface area contributed by atoms with Gasteiger partial charge in [-0.3, -0.25) is 4.57 Å². The summed E-state index contributed by atoms with van der Waals surface area (Å²) in [6.45, 7) is 1.85. The molecule has 0 fully saturated rings. The summed E-state index contributed by atoms with van der Waals surface area (Å²) in [5.41, 5.74) is 0. The van der Waals surface area contributed by atoms with E-state index in [1.54, 1.807) is 28.9 Å². The van der Waals surface area contributed by atoms with Crippen LogP contribution < -0.4 is 0 Å². The SMILES string of the molecule is C/C(Cl)=C/CSC(=S)n1ccnc1. The molecular weight excluding hydrogens is 224 g/mol. The molecule has 0 aliphatic carbocycles. The van der Waals surface area contributed by atoms with E-state index in [1.165, 1.54) is 0 Å². The fraction of sp³-hybridized carbons (Fsp3) is 0.250. The van der Waals surface area contributed by atoms with Crippen molar-refractivity contribution < 1.29 is 0 Å². The molecule has 1 rings (SSSR count). The van der Waals surface area contributed by atoms with Crippen LogP contribution in [0, 0.1) is 0 Å². The van der Waals surface area contributed by atoms with Gasteiger partial charge in [0.2, 0.25) is 0 Å². The minimum atomic E-state index is 0.784. The normalized spacial score (nSPS) is 11.7. The molecule has 0 amide bonds. The summed E-state index contributed by atoms with van der Waals surface area (Å²) in [5, 5.41) is 0.793. The zero-order valence-electron chi connectivity index (χ0n) is 7.11. The van der Waals surface area contributed by atoms with E-state index in [0.717, 1.165) is 15.1 Å². The molecule has 0 aromatic carbocycles. The highest BCUT2D eigenvalue weighted by atomic mass is 35.5. The van der Waals surface area contributed by atoms with E-state index in [4.69, 9.17) is 23.8 Å². The molecule has 0 saturated heterocycles. The lowest BCUT2D eigenvalue weighted by atomic mass is 10.6. The van der Waals surface area contributed by atoms with Gasteiger partial charge in [-0.1, -0.05) is 41.7 Å². The molecule has 0 saturated carbocycles. The smallest absolute Gasteiger partial charge is 0.146 e. The first-order valence-electron chi connectivity index (χ1n) is 3.67. The van der Waals surface area contributed by atoms with E-state index >= 15 is 0 Å². The molecule has 5 heteroatoms. The molecule has 2 nitrogen and oxygen atoms in total. The quantitative estimate of drug-likeness (QED) is 0.731. The highest BCUT2D eigenvalue weighted by Gasteiger charge is 1.97. The van der Waals surface area contributed by atoms with E-state index in [0.29, 0.717) is 0 Å². The van der Waals surface area contributed by atoms with Crippen molar-refractivity contribution in [1.29, 1.82) is 0 Å². The summed E-state index contributed by atoms with van der Waals surface area (Å²) in [7, 11) is 0. The van der Waals surface area contributed by atoms with Crippen LogP contribution in [0.15, 0.2) is 29.8 Å². The average Bonchev–Trinajstić information content (AvgIpc) is 2.55. The summed E-state index contributed by atoms with van der Waals surface area (Å²) in [6, 6.07) is 0. The third-order valence-electron chi connectivity index (χ3n) is 1.29. The van der Waals surface area contributed by atoms with Crippen LogP contribution in [-0.4, -0.2) is 19.6 Å². The van der Waals surface area contributed by atoms with Crippen LogP contribution in [-0.2, 0) is 0 Å². The lowest BCUT2D eigenvalue weighted by molar-refractivity contribution is 1.18. The Balaban J connectivity index is 2.39. The average molecular weight is 233 g/mol. The van der Waals surface area contributed by atoms with Gasteiger partial charge in [-0.25, -0.2) is 4.98 Å². The molecule has 0 N–H and O–H groups in total. The number of hydrogen-bond donors (Lipinski definition) is 0. The van der Waals surface area contributed by atoms with Crippen molar-refractivity contribution in [2.24, 2.45) is 0 Å². The molecule has 0 radical (unpaired) electrons. The molecule has 1 heterocycles. The maximum Gasteiger partial charge on any atom is 0.146 e. The zero-order chi connectivity index (χ0) is 9.68. The highest BCUT2D eigenvalue weighted by Crippen LogP contribution is 2.09. The molecule has 70 valence electrons. The Morgan fingerprint density at radius 1 is 1.77 bits per heavy atom. The lowest BCUT2D eigenvalue weighted by Gasteiger charge is -2.00. The van der Waals surface area contributed by atoms with Crippen LogP contribution in [0.25, 0.3) is 0 Å². The summed E-state index contributed by atoms with van der Waals surface area (Å²) < 4.78 is 2.59. The van der Waals surface area contributed by atoms with Gasteiger partial charge in [0.05, 0.1) is 0 Å². The number of thiocarbonyl (C=S) groups is 1. The first kappa shape index (κ1) is 10.8. The first-order chi connectivity index (χ1) is 6.20. The highest BCUT2D eigenvalue weighted by molar-refractivity contribution is 8.23. The summed E-state index contributed by atoms with van der Waals surface area (Å²) >= 11 is 12.4. The second kappa shape index (κ2) is 5.42. The van der Waals surface area contributed by atoms with Gasteiger partial charge in [0.25, 0.3) is 0 Å². The molecule has 0 aliphatic heterocycles. The maximum atomic E-state index is 5.67. The Labute approximate surface area is 92.0 Å². The van der Waals surface area contributed by atoms with Gasteiger partial charge in [-0.15, -0.1) is 0 Å². The number of halogens is 1. The van der Waals surface area contributed by atoms with E-state index in [2.05, 4.69) is 4.98 Å². The van der Waals surface area contributed by atoms with Crippen molar-refractivity contribution in [3.05, 3.63) is 29.8 Å². The minimum Gasteiger partial charge on any atom is -0.291 e. The molecule has 1 aromatic rings. The van der Waals surface area contributed by atoms with Crippen molar-refractivity contribution in [3.8, 4) is 0 Å². The number of aromatic nitrogens is 2. The number of imidazole rings is 1. The molecule has 0 spiro atoms. The fourth-order valence-electron chi connectivity index (χ4n) is 0.669. The predicted octanol–water partition coefficient (Wildman–Crippen LogP) is 2.89. The molecule has 0 bridgehead atoms. The molecular formula is C8H9ClN2S2. The molecule has 1 aromatic heterocycles. The Bertz CT molecular complexity index is 302. The fourth-order valence-corrected chi connectivity index (χ4v) is 1.88. The van der Waals surface area contributed by atoms with Crippen molar-refractivity contribution in [1.82, 2.24) is 9.55 Å². The van der Waals surface area contributed by atoms with Gasteiger partial charge in [0.1, 0.15) is 10.6 Å². The maximum absolute atomic E-state index is 5.67. The Morgan fingerprint density at radius 2 is 2.54 bits per heavy atom. The molecule has 13 heavy (non-hydrogen) atoms. The predicted molar refractivity (Wildman–Crippen MR) is 62.3 cm³/mol. The van der Waals surface area contributed by atoms with Gasteiger partial charge in [0.15, 0.2) is 0 Å². The minimum absolute atomic E-state index is 0.784. The van der Waals surface area contributed by atoms with E-state index in [1.807, 2.05) is 19.2 Å². The summed E-state index contributed by atoms with van der Waals surface area (Å²) in [4.78, 5) is 3.91. The second-order valence-corrected chi connectivity index (χ2v) is 4.59. The second-order valence-electron chi connectivity index (χ2n) is 2.34. The van der Waals surface area contributed by atoms with Gasteiger partial charge in [0, 0.05) is 23.2 Å². The number of nitrogens with zero attached hydrogens (tertiary/aromatic N) is 2. The standard InChI is InChI=1S/C8H9ClN2S2/c1-7(9)2-5-13-8(12)11-4-3-10-6-11/h2-4,6H,5H2,1H3/b7-2-. The number of rotatable bonds is 2. The molecule has 0 unspecified atom stereocenters. The van der Waals surface area contributed by atoms with Gasteiger partial charge in [-0.05, 0) is 6.92 Å². The van der Waals surface area contributed by atoms with Crippen LogP contribution in [0.4, 0.5) is 0 Å². The van der Waals surface area contributed by atoms with Crippen molar-refractivity contribution >= 4 is 39.9 Å². The number of allylic oxidation sites excluding steroid dienone is 1. The third kappa shape index (κ3) is 3.93. The van der Waals surface area contributed by atoms with Gasteiger partial charge >= 0.3 is 0 Å². The lowest BCUT2D eigenvalue weighted by Crippen LogP contribution is -2.01. The number of hydrogen-bond acceptors (Lipinski definition) is 3. The summed E-state index contributed by atoms with van der Waals surface area (Å²) in [6.07, 6.45) is 7.14. The number of thioether (sulfide) groups is 1. The Kier molecular flexibility index (Phi) is 4.48. The van der Waals surface area contributed by atoms with Crippen LogP contribution in [0.2, 0.25) is 0 Å². The van der Waals surface area contributed by atoms with E-state index in [-0.39, 0.29) is 0 Å². The Morgan fingerprint density at radius 3 is 3.08 bits per heavy atom. The largest absolute Gasteiger partial charge is 0.291 e. The van der Waals surface area contributed by atoms with Crippen molar-refractivity contribution in [2.75, 3.05) is 5.75 Å². The third-order valence-corrected chi connectivity index (χ3v) is 2.80. The van der Waals surface area contributed by atoms with Gasteiger partial charge in [-0.2, -0.15) is 0 Å². The van der Waals surface area contributed by atoms with Crippen LogP contribution in [0.3, 0.4) is 0 Å². The summed E-state index contributed by atoms with van der Waals surface area (Å²) in [5.74, 6) is 0.798. The van der Waals surface area contributed by atoms with Crippen molar-refractivity contribution in [3.63, 3.8) is 0 Å². The van der Waals surface area contributed by atoms with Crippen LogP contribution in [0.5, 0.6) is 0 Å². The van der Waals surface area contributed by atoms with Crippen LogP contribution >= 0.6 is 35.6 Å². The monoisotopic (exact) mass is 232 g/mol. The van der Waals surface area contributed by atoms with E-state index in [9.17, 15) is 0 Å². The molecule has 0 atom stereocenters. The van der Waals surface area contributed by atoms with E-state index < -0.39 is 0 Å². The topological polar surface area (TPSA) is 17.8 Å². The van der Waals surface area contributed by atoms with Gasteiger partial charge < -0.3 is 0 Å². The van der Waals surface area contributed by atoms with Crippen molar-refractivity contribution in [2.45, 2.75) is 6.92 Å².